The van der Waals surface area contributed by atoms with Gasteiger partial charge in [-0.1, -0.05) is 30.3 Å². The zero-order valence-electron chi connectivity index (χ0n) is 13.3. The second-order valence-corrected chi connectivity index (χ2v) is 5.17. The molecule has 5 heteroatoms. The molecule has 0 atom stereocenters. The van der Waals surface area contributed by atoms with E-state index in [1.807, 2.05) is 36.4 Å². The van der Waals surface area contributed by atoms with Crippen LogP contribution in [0.15, 0.2) is 48.5 Å². The van der Waals surface area contributed by atoms with Gasteiger partial charge in [-0.05, 0) is 31.0 Å². The third-order valence-electron chi connectivity index (χ3n) is 3.66. The van der Waals surface area contributed by atoms with Gasteiger partial charge in [-0.2, -0.15) is 5.26 Å². The first-order valence-corrected chi connectivity index (χ1v) is 7.10. The second kappa shape index (κ2) is 8.42. The van der Waals surface area contributed by atoms with E-state index in [1.165, 1.54) is 0 Å². The predicted molar refractivity (Wildman–Crippen MR) is 93.1 cm³/mol. The summed E-state index contributed by atoms with van der Waals surface area (Å²) in [7, 11) is 3.24. The SMILES string of the molecule is COc1ccccc1C#N.COc1ccccc1C1(N)CC1.Cl. The smallest absolute Gasteiger partial charge is 0.136 e. The summed E-state index contributed by atoms with van der Waals surface area (Å²) in [4.78, 5) is 0. The summed E-state index contributed by atoms with van der Waals surface area (Å²) in [5, 5.41) is 8.52. The number of benzene rings is 2. The molecule has 0 spiro atoms. The first-order valence-electron chi connectivity index (χ1n) is 7.10. The van der Waals surface area contributed by atoms with Crippen LogP contribution >= 0.6 is 12.4 Å². The van der Waals surface area contributed by atoms with Crippen molar-refractivity contribution >= 4 is 12.4 Å². The van der Waals surface area contributed by atoms with Gasteiger partial charge >= 0.3 is 0 Å². The Bertz CT molecular complexity index is 679. The molecule has 3 rings (SSSR count). The first kappa shape index (κ1) is 18.8. The van der Waals surface area contributed by atoms with Crippen LogP contribution in [0.5, 0.6) is 11.5 Å². The largest absolute Gasteiger partial charge is 0.496 e. The molecule has 1 fully saturated rings. The topological polar surface area (TPSA) is 68.3 Å². The van der Waals surface area contributed by atoms with Crippen LogP contribution in [-0.4, -0.2) is 14.2 Å². The highest BCUT2D eigenvalue weighted by molar-refractivity contribution is 5.85. The fraction of sp³-hybridized carbons (Fsp3) is 0.278. The summed E-state index contributed by atoms with van der Waals surface area (Å²) >= 11 is 0. The number of nitrogens with two attached hydrogens (primary N) is 1. The van der Waals surface area contributed by atoms with E-state index in [9.17, 15) is 0 Å². The van der Waals surface area contributed by atoms with Crippen LogP contribution in [0.2, 0.25) is 0 Å². The zero-order chi connectivity index (χ0) is 16.0. The summed E-state index contributed by atoms with van der Waals surface area (Å²) in [5.41, 5.74) is 7.69. The van der Waals surface area contributed by atoms with Gasteiger partial charge in [-0.25, -0.2) is 0 Å². The summed E-state index contributed by atoms with van der Waals surface area (Å²) in [6.45, 7) is 0. The lowest BCUT2D eigenvalue weighted by molar-refractivity contribution is 0.404. The van der Waals surface area contributed by atoms with Crippen molar-refractivity contribution in [2.45, 2.75) is 18.4 Å². The monoisotopic (exact) mass is 332 g/mol. The summed E-state index contributed by atoms with van der Waals surface area (Å²) in [5.74, 6) is 1.54. The highest BCUT2D eigenvalue weighted by Crippen LogP contribution is 2.46. The van der Waals surface area contributed by atoms with E-state index in [0.717, 1.165) is 24.2 Å². The number of ether oxygens (including phenoxy) is 2. The van der Waals surface area contributed by atoms with Crippen molar-refractivity contribution in [3.63, 3.8) is 0 Å². The number of rotatable bonds is 3. The summed E-state index contributed by atoms with van der Waals surface area (Å²) in [6, 6.07) is 17.1. The van der Waals surface area contributed by atoms with E-state index in [0.29, 0.717) is 11.3 Å². The number of halogens is 1. The van der Waals surface area contributed by atoms with Crippen molar-refractivity contribution < 1.29 is 9.47 Å². The maximum atomic E-state index is 8.52. The van der Waals surface area contributed by atoms with Crippen LogP contribution in [0, 0.1) is 11.3 Å². The van der Waals surface area contributed by atoms with Gasteiger partial charge in [-0.3, -0.25) is 0 Å². The molecule has 0 unspecified atom stereocenters. The molecular formula is C18H21ClN2O2. The van der Waals surface area contributed by atoms with Crippen molar-refractivity contribution in [1.82, 2.24) is 0 Å². The Balaban J connectivity index is 0.000000224. The first-order chi connectivity index (χ1) is 10.6. The van der Waals surface area contributed by atoms with E-state index in [4.69, 9.17) is 20.5 Å². The molecule has 2 aromatic carbocycles. The molecule has 2 aromatic rings. The van der Waals surface area contributed by atoms with Crippen LogP contribution in [0.1, 0.15) is 24.0 Å². The molecule has 0 heterocycles. The molecule has 0 aromatic heterocycles. The standard InChI is InChI=1S/C10H13NO.C8H7NO.ClH/c1-12-9-5-3-2-4-8(9)10(11)6-7-10;1-10-8-5-3-2-4-7(8)6-9;/h2-5H,6-7,11H2,1H3;2-5H,1H3;1H. The molecule has 23 heavy (non-hydrogen) atoms. The highest BCUT2D eigenvalue weighted by Gasteiger charge is 2.41. The Kier molecular flexibility index (Phi) is 6.89. The lowest BCUT2D eigenvalue weighted by atomic mass is 10.1. The predicted octanol–water partition coefficient (Wildman–Crippen LogP) is 3.63. The van der Waals surface area contributed by atoms with Crippen molar-refractivity contribution in [3.05, 3.63) is 59.7 Å². The fourth-order valence-corrected chi connectivity index (χ4v) is 2.20. The van der Waals surface area contributed by atoms with Gasteiger partial charge in [0.15, 0.2) is 0 Å². The fourth-order valence-electron chi connectivity index (χ4n) is 2.20. The van der Waals surface area contributed by atoms with E-state index in [1.54, 1.807) is 32.4 Å². The van der Waals surface area contributed by atoms with Crippen LogP contribution in [-0.2, 0) is 5.54 Å². The van der Waals surface area contributed by atoms with Crippen molar-refractivity contribution in [3.8, 4) is 17.6 Å². The van der Waals surface area contributed by atoms with Gasteiger partial charge in [0, 0.05) is 11.1 Å². The normalized spacial score (nSPS) is 13.5. The van der Waals surface area contributed by atoms with Crippen molar-refractivity contribution in [2.24, 2.45) is 5.73 Å². The Morgan fingerprint density at radius 3 is 1.96 bits per heavy atom. The maximum Gasteiger partial charge on any atom is 0.136 e. The average molecular weight is 333 g/mol. The van der Waals surface area contributed by atoms with Crippen LogP contribution in [0.4, 0.5) is 0 Å². The minimum Gasteiger partial charge on any atom is -0.496 e. The number of methoxy groups -OCH3 is 2. The molecule has 2 N–H and O–H groups in total. The second-order valence-electron chi connectivity index (χ2n) is 5.17. The molecular weight excluding hydrogens is 312 g/mol. The number of nitriles is 1. The van der Waals surface area contributed by atoms with Crippen LogP contribution < -0.4 is 15.2 Å². The Morgan fingerprint density at radius 2 is 1.48 bits per heavy atom. The molecule has 0 amide bonds. The third-order valence-corrected chi connectivity index (χ3v) is 3.66. The number of hydrogen-bond acceptors (Lipinski definition) is 4. The van der Waals surface area contributed by atoms with Gasteiger partial charge in [-0.15, -0.1) is 12.4 Å². The highest BCUT2D eigenvalue weighted by atomic mass is 35.5. The maximum absolute atomic E-state index is 8.52. The van der Waals surface area contributed by atoms with E-state index in [-0.39, 0.29) is 17.9 Å². The van der Waals surface area contributed by atoms with E-state index in [2.05, 4.69) is 0 Å². The van der Waals surface area contributed by atoms with Crippen LogP contribution in [0.3, 0.4) is 0 Å². The Labute approximate surface area is 143 Å². The Morgan fingerprint density at radius 1 is 0.957 bits per heavy atom. The molecule has 4 nitrogen and oxygen atoms in total. The van der Waals surface area contributed by atoms with Gasteiger partial charge in [0.2, 0.25) is 0 Å². The molecule has 1 aliphatic carbocycles. The molecule has 0 bridgehead atoms. The lowest BCUT2D eigenvalue weighted by Gasteiger charge is -2.13. The minimum atomic E-state index is -0.0907. The minimum absolute atomic E-state index is 0. The van der Waals surface area contributed by atoms with Gasteiger partial charge in [0.05, 0.1) is 19.8 Å². The third kappa shape index (κ3) is 4.62. The average Bonchev–Trinajstić information content (AvgIpc) is 3.34. The van der Waals surface area contributed by atoms with Gasteiger partial charge in [0.1, 0.15) is 17.6 Å². The zero-order valence-corrected chi connectivity index (χ0v) is 14.1. The molecule has 0 aliphatic heterocycles. The van der Waals surface area contributed by atoms with Crippen LogP contribution in [0.25, 0.3) is 0 Å². The van der Waals surface area contributed by atoms with Gasteiger partial charge in [0.25, 0.3) is 0 Å². The van der Waals surface area contributed by atoms with Crippen molar-refractivity contribution in [2.75, 3.05) is 14.2 Å². The van der Waals surface area contributed by atoms with Crippen molar-refractivity contribution in [1.29, 1.82) is 5.26 Å². The van der Waals surface area contributed by atoms with E-state index >= 15 is 0 Å². The molecule has 0 radical (unpaired) electrons. The molecule has 0 saturated heterocycles. The quantitative estimate of drug-likeness (QED) is 0.931. The van der Waals surface area contributed by atoms with E-state index < -0.39 is 0 Å². The lowest BCUT2D eigenvalue weighted by Crippen LogP contribution is -2.19. The Hall–Kier alpha value is -2.22. The number of hydrogen-bond donors (Lipinski definition) is 1. The molecule has 1 saturated carbocycles. The number of nitrogens with zero attached hydrogens (tertiary/aromatic N) is 1. The molecule has 122 valence electrons. The number of para-hydroxylation sites is 2. The summed E-state index contributed by atoms with van der Waals surface area (Å²) in [6.07, 6.45) is 2.15. The summed E-state index contributed by atoms with van der Waals surface area (Å²) < 4.78 is 10.1. The van der Waals surface area contributed by atoms with Gasteiger partial charge < -0.3 is 15.2 Å². The molecule has 1 aliphatic rings.